The lowest BCUT2D eigenvalue weighted by Crippen LogP contribution is -2.25. The van der Waals surface area contributed by atoms with Crippen LogP contribution in [0.25, 0.3) is 16.8 Å². The van der Waals surface area contributed by atoms with Gasteiger partial charge in [0.1, 0.15) is 5.82 Å². The quantitative estimate of drug-likeness (QED) is 0.629. The molecule has 5 nitrogen and oxygen atoms in total. The number of aryl methyl sites for hydroxylation is 1. The first-order valence-electron chi connectivity index (χ1n) is 9.72. The van der Waals surface area contributed by atoms with E-state index >= 15 is 0 Å². The van der Waals surface area contributed by atoms with Crippen LogP contribution in [0.3, 0.4) is 0 Å². The molecule has 1 aliphatic heterocycles. The van der Waals surface area contributed by atoms with Crippen molar-refractivity contribution in [3.8, 4) is 22.9 Å². The molecule has 0 fully saturated rings. The lowest BCUT2D eigenvalue weighted by atomic mass is 9.80. The molecule has 0 saturated heterocycles. The van der Waals surface area contributed by atoms with Gasteiger partial charge in [-0.3, -0.25) is 0 Å². The molecule has 2 aliphatic rings. The predicted molar refractivity (Wildman–Crippen MR) is 114 cm³/mol. The van der Waals surface area contributed by atoms with Crippen molar-refractivity contribution in [2.45, 2.75) is 31.6 Å². The Kier molecular flexibility index (Phi) is 4.18. The summed E-state index contributed by atoms with van der Waals surface area (Å²) in [4.78, 5) is 4.68. The number of anilines is 1. The Labute approximate surface area is 174 Å². The van der Waals surface area contributed by atoms with Crippen molar-refractivity contribution >= 4 is 17.4 Å². The molecule has 1 N–H and O–H groups in total. The minimum Gasteiger partial charge on any atom is -0.369 e. The topological polar surface area (TPSA) is 66.5 Å². The summed E-state index contributed by atoms with van der Waals surface area (Å²) in [5.74, 6) is 0.905. The smallest absolute Gasteiger partial charge is 0.131 e. The zero-order valence-corrected chi connectivity index (χ0v) is 16.9. The number of pyridine rings is 1. The molecule has 29 heavy (non-hydrogen) atoms. The highest BCUT2D eigenvalue weighted by Crippen LogP contribution is 2.49. The normalized spacial score (nSPS) is 16.0. The van der Waals surface area contributed by atoms with Crippen LogP contribution in [-0.2, 0) is 11.8 Å². The minimum atomic E-state index is 0.0256. The maximum absolute atomic E-state index is 8.95. The largest absolute Gasteiger partial charge is 0.369 e. The zero-order chi connectivity index (χ0) is 20.0. The van der Waals surface area contributed by atoms with Gasteiger partial charge in [0.05, 0.1) is 28.9 Å². The van der Waals surface area contributed by atoms with Crippen LogP contribution in [-0.4, -0.2) is 21.3 Å². The van der Waals surface area contributed by atoms with Gasteiger partial charge in [-0.2, -0.15) is 10.4 Å². The van der Waals surface area contributed by atoms with Crippen molar-refractivity contribution in [3.05, 3.63) is 70.7 Å². The highest BCUT2D eigenvalue weighted by atomic mass is 35.5. The molecule has 0 unspecified atom stereocenters. The van der Waals surface area contributed by atoms with Gasteiger partial charge in [-0.15, -0.1) is 0 Å². The predicted octanol–water partition coefficient (Wildman–Crippen LogP) is 4.98. The standard InChI is InChI=1S/C23H20ClN5/c1-15-11-17(7-10-25)28-29(15)18-6-4-5-16(12-18)19-13-26-22-20(21(19)24)23(14-27-22)8-2-3-9-23/h2-6,11-13H,7-9,14H2,1H3,(H,26,27). The van der Waals surface area contributed by atoms with Gasteiger partial charge in [-0.05, 0) is 43.5 Å². The molecular formula is C23H20ClN5. The van der Waals surface area contributed by atoms with Crippen molar-refractivity contribution in [1.29, 1.82) is 5.26 Å². The lowest BCUT2D eigenvalue weighted by molar-refractivity contribution is 0.509. The first kappa shape index (κ1) is 18.0. The molecule has 0 saturated carbocycles. The highest BCUT2D eigenvalue weighted by Gasteiger charge is 2.42. The Morgan fingerprint density at radius 3 is 2.90 bits per heavy atom. The van der Waals surface area contributed by atoms with Crippen LogP contribution in [0.4, 0.5) is 5.82 Å². The fourth-order valence-corrected chi connectivity index (χ4v) is 4.92. The minimum absolute atomic E-state index is 0.0256. The van der Waals surface area contributed by atoms with Gasteiger partial charge in [-0.1, -0.05) is 35.9 Å². The summed E-state index contributed by atoms with van der Waals surface area (Å²) in [6.45, 7) is 2.87. The number of hydrogen-bond acceptors (Lipinski definition) is 4. The summed E-state index contributed by atoms with van der Waals surface area (Å²) in [5.41, 5.74) is 5.81. The van der Waals surface area contributed by atoms with Crippen molar-refractivity contribution < 1.29 is 0 Å². The number of aromatic nitrogens is 3. The van der Waals surface area contributed by atoms with Crippen LogP contribution in [0.15, 0.2) is 48.7 Å². The fraction of sp³-hybridized carbons (Fsp3) is 0.261. The fourth-order valence-electron chi connectivity index (χ4n) is 4.47. The summed E-state index contributed by atoms with van der Waals surface area (Å²) in [6.07, 6.45) is 8.61. The molecular weight excluding hydrogens is 382 g/mol. The molecule has 5 rings (SSSR count). The molecule has 0 radical (unpaired) electrons. The number of allylic oxidation sites excluding steroid dienone is 2. The Morgan fingerprint density at radius 1 is 1.28 bits per heavy atom. The van der Waals surface area contributed by atoms with Crippen LogP contribution in [0.1, 0.15) is 29.8 Å². The van der Waals surface area contributed by atoms with Crippen LogP contribution < -0.4 is 5.32 Å². The van der Waals surface area contributed by atoms with E-state index in [9.17, 15) is 0 Å². The second kappa shape index (κ2) is 6.75. The number of hydrogen-bond donors (Lipinski definition) is 1. The molecule has 0 atom stereocenters. The number of halogens is 1. The maximum atomic E-state index is 8.95. The number of rotatable bonds is 3. The van der Waals surface area contributed by atoms with E-state index in [0.717, 1.165) is 64.0 Å². The summed E-state index contributed by atoms with van der Waals surface area (Å²) in [7, 11) is 0. The number of nitriles is 1. The lowest BCUT2D eigenvalue weighted by Gasteiger charge is -2.24. The molecule has 1 spiro atoms. The second-order valence-corrected chi connectivity index (χ2v) is 8.18. The van der Waals surface area contributed by atoms with E-state index in [1.54, 1.807) is 0 Å². The van der Waals surface area contributed by atoms with E-state index < -0.39 is 0 Å². The van der Waals surface area contributed by atoms with Gasteiger partial charge in [0, 0.05) is 35.0 Å². The van der Waals surface area contributed by atoms with Crippen molar-refractivity contribution in [2.24, 2.45) is 0 Å². The molecule has 2 aromatic heterocycles. The molecule has 144 valence electrons. The zero-order valence-electron chi connectivity index (χ0n) is 16.1. The van der Waals surface area contributed by atoms with Crippen LogP contribution in [0.2, 0.25) is 5.02 Å². The van der Waals surface area contributed by atoms with E-state index in [2.05, 4.69) is 45.8 Å². The highest BCUT2D eigenvalue weighted by molar-refractivity contribution is 6.34. The first-order valence-corrected chi connectivity index (χ1v) is 10.1. The van der Waals surface area contributed by atoms with Gasteiger partial charge in [0.2, 0.25) is 0 Å². The Hall–Kier alpha value is -3.10. The molecule has 1 aromatic carbocycles. The van der Waals surface area contributed by atoms with Gasteiger partial charge in [0.25, 0.3) is 0 Å². The van der Waals surface area contributed by atoms with Crippen LogP contribution >= 0.6 is 11.6 Å². The molecule has 0 bridgehead atoms. The first-order chi connectivity index (χ1) is 14.1. The van der Waals surface area contributed by atoms with Crippen molar-refractivity contribution in [1.82, 2.24) is 14.8 Å². The Morgan fingerprint density at radius 2 is 2.10 bits per heavy atom. The average Bonchev–Trinajstić information content (AvgIpc) is 3.43. The number of nitrogens with one attached hydrogen (secondary N) is 1. The summed E-state index contributed by atoms with van der Waals surface area (Å²) >= 11 is 6.97. The summed E-state index contributed by atoms with van der Waals surface area (Å²) in [6, 6.07) is 12.2. The van der Waals surface area contributed by atoms with E-state index in [0.29, 0.717) is 6.42 Å². The summed E-state index contributed by atoms with van der Waals surface area (Å²) < 4.78 is 1.87. The van der Waals surface area contributed by atoms with Gasteiger partial charge < -0.3 is 5.32 Å². The summed E-state index contributed by atoms with van der Waals surface area (Å²) in [5, 5.41) is 17.7. The van der Waals surface area contributed by atoms with Crippen molar-refractivity contribution in [3.63, 3.8) is 0 Å². The molecule has 0 amide bonds. The molecule has 1 aliphatic carbocycles. The third-order valence-electron chi connectivity index (χ3n) is 5.92. The van der Waals surface area contributed by atoms with Crippen LogP contribution in [0.5, 0.6) is 0 Å². The third-order valence-corrected chi connectivity index (χ3v) is 6.32. The van der Waals surface area contributed by atoms with Gasteiger partial charge >= 0.3 is 0 Å². The van der Waals surface area contributed by atoms with E-state index in [4.69, 9.17) is 16.9 Å². The second-order valence-electron chi connectivity index (χ2n) is 7.80. The number of fused-ring (bicyclic) bond motifs is 2. The van der Waals surface area contributed by atoms with Crippen LogP contribution in [0, 0.1) is 18.3 Å². The maximum Gasteiger partial charge on any atom is 0.131 e. The van der Waals surface area contributed by atoms with Gasteiger partial charge in [-0.25, -0.2) is 9.67 Å². The molecule has 3 aromatic rings. The number of benzene rings is 1. The molecule has 6 heteroatoms. The van der Waals surface area contributed by atoms with Gasteiger partial charge in [0.15, 0.2) is 0 Å². The van der Waals surface area contributed by atoms with E-state index in [-0.39, 0.29) is 5.41 Å². The third kappa shape index (κ3) is 2.83. The molecule has 3 heterocycles. The monoisotopic (exact) mass is 401 g/mol. The Bertz CT molecular complexity index is 1180. The average molecular weight is 402 g/mol. The van der Waals surface area contributed by atoms with E-state index in [1.807, 2.05) is 36.0 Å². The van der Waals surface area contributed by atoms with Crippen molar-refractivity contribution in [2.75, 3.05) is 11.9 Å². The SMILES string of the molecule is Cc1cc(CC#N)nn1-c1cccc(-c2cnc3c(c2Cl)C2(CC=CC2)CN3)c1. The Balaban J connectivity index is 1.58. The van der Waals surface area contributed by atoms with E-state index in [1.165, 1.54) is 0 Å². The number of nitrogens with zero attached hydrogens (tertiary/aromatic N) is 4.